The zero-order valence-corrected chi connectivity index (χ0v) is 23.0. The van der Waals surface area contributed by atoms with Crippen LogP contribution in [0, 0.1) is 11.8 Å². The summed E-state index contributed by atoms with van der Waals surface area (Å²) < 4.78 is 12.1. The van der Waals surface area contributed by atoms with Crippen LogP contribution in [0.15, 0.2) is 42.9 Å². The number of benzene rings is 1. The lowest BCUT2D eigenvalue weighted by molar-refractivity contribution is -0.123. The highest BCUT2D eigenvalue weighted by atomic mass is 32.1. The molecule has 0 saturated heterocycles. The Morgan fingerprint density at radius 2 is 1.84 bits per heavy atom. The number of hydrogen-bond donors (Lipinski definition) is 1. The van der Waals surface area contributed by atoms with Gasteiger partial charge in [-0.2, -0.15) is 0 Å². The van der Waals surface area contributed by atoms with Gasteiger partial charge in [0.15, 0.2) is 0 Å². The number of nitrogens with one attached hydrogen (secondary N) is 1. The van der Waals surface area contributed by atoms with Crippen molar-refractivity contribution in [2.75, 3.05) is 37.6 Å². The second kappa shape index (κ2) is 12.4. The second-order valence-electron chi connectivity index (χ2n) is 9.71. The number of amides is 2. The summed E-state index contributed by atoms with van der Waals surface area (Å²) >= 11 is 1.28. The number of aryl methyl sites for hydroxylation is 1. The minimum Gasteiger partial charge on any atom is -0.465 e. The number of aromatic nitrogens is 2. The molecule has 0 aliphatic heterocycles. The first-order valence-electron chi connectivity index (χ1n) is 12.7. The zero-order valence-electron chi connectivity index (χ0n) is 22.2. The fourth-order valence-electron chi connectivity index (χ4n) is 4.67. The molecule has 0 atom stereocenters. The van der Waals surface area contributed by atoms with Crippen molar-refractivity contribution in [3.63, 3.8) is 0 Å². The molecule has 0 radical (unpaired) electrons. The SMILES string of the molecule is COCCN(C(=O)C1CCC(C)CC1)c1cc(-c2ccc(NC(=O)c3cn(C)cn3)cc2)sc1C(=O)OC. The van der Waals surface area contributed by atoms with Gasteiger partial charge in [0, 0.05) is 43.4 Å². The van der Waals surface area contributed by atoms with E-state index in [0.717, 1.165) is 36.1 Å². The second-order valence-corrected chi connectivity index (χ2v) is 10.8. The lowest BCUT2D eigenvalue weighted by Crippen LogP contribution is -2.40. The predicted molar refractivity (Wildman–Crippen MR) is 148 cm³/mol. The number of methoxy groups -OCH3 is 2. The van der Waals surface area contributed by atoms with Crippen LogP contribution in [0.3, 0.4) is 0 Å². The van der Waals surface area contributed by atoms with Crippen molar-refractivity contribution in [2.24, 2.45) is 18.9 Å². The minimum absolute atomic E-state index is 0.0241. The molecule has 1 aliphatic rings. The van der Waals surface area contributed by atoms with Gasteiger partial charge in [-0.25, -0.2) is 9.78 Å². The van der Waals surface area contributed by atoms with Crippen LogP contribution in [0.1, 0.15) is 52.8 Å². The maximum absolute atomic E-state index is 13.7. The lowest BCUT2D eigenvalue weighted by Gasteiger charge is -2.31. The molecule has 202 valence electrons. The molecule has 1 aliphatic carbocycles. The molecule has 9 nitrogen and oxygen atoms in total. The quantitative estimate of drug-likeness (QED) is 0.385. The summed E-state index contributed by atoms with van der Waals surface area (Å²) in [6.45, 7) is 2.92. The molecule has 0 bridgehead atoms. The molecule has 2 heterocycles. The third kappa shape index (κ3) is 6.31. The number of carbonyl (C=O) groups excluding carboxylic acids is 3. The molecule has 1 saturated carbocycles. The van der Waals surface area contributed by atoms with Gasteiger partial charge >= 0.3 is 5.97 Å². The highest BCUT2D eigenvalue weighted by Crippen LogP contribution is 2.39. The molecular weight excluding hydrogens is 504 g/mol. The summed E-state index contributed by atoms with van der Waals surface area (Å²) in [4.78, 5) is 45.8. The molecule has 1 N–H and O–H groups in total. The Bertz CT molecular complexity index is 1270. The molecule has 0 spiro atoms. The van der Waals surface area contributed by atoms with Crippen molar-refractivity contribution >= 4 is 40.5 Å². The Hall–Kier alpha value is -3.50. The van der Waals surface area contributed by atoms with Crippen LogP contribution >= 0.6 is 11.3 Å². The van der Waals surface area contributed by atoms with Crippen LogP contribution in [0.4, 0.5) is 11.4 Å². The first kappa shape index (κ1) is 27.5. The van der Waals surface area contributed by atoms with Gasteiger partial charge in [-0.3, -0.25) is 9.59 Å². The molecule has 1 fully saturated rings. The predicted octanol–water partition coefficient (Wildman–Crippen LogP) is 4.99. The van der Waals surface area contributed by atoms with E-state index in [1.807, 2.05) is 18.2 Å². The number of imidazole rings is 1. The Balaban J connectivity index is 1.60. The highest BCUT2D eigenvalue weighted by molar-refractivity contribution is 7.18. The van der Waals surface area contributed by atoms with E-state index in [1.54, 1.807) is 48.3 Å². The van der Waals surface area contributed by atoms with Gasteiger partial charge in [-0.1, -0.05) is 19.1 Å². The first-order chi connectivity index (χ1) is 18.3. The number of nitrogens with zero attached hydrogens (tertiary/aromatic N) is 3. The van der Waals surface area contributed by atoms with E-state index in [1.165, 1.54) is 18.4 Å². The van der Waals surface area contributed by atoms with Crippen molar-refractivity contribution in [3.05, 3.63) is 53.4 Å². The maximum Gasteiger partial charge on any atom is 0.350 e. The molecule has 2 amide bonds. The summed E-state index contributed by atoms with van der Waals surface area (Å²) in [5, 5.41) is 2.84. The fourth-order valence-corrected chi connectivity index (χ4v) is 5.75. The van der Waals surface area contributed by atoms with E-state index >= 15 is 0 Å². The summed E-state index contributed by atoms with van der Waals surface area (Å²) in [7, 11) is 4.74. The molecular formula is C28H34N4O5S. The first-order valence-corrected chi connectivity index (χ1v) is 13.5. The number of anilines is 2. The number of rotatable bonds is 9. The number of carbonyl (C=O) groups is 3. The van der Waals surface area contributed by atoms with Gasteiger partial charge in [-0.15, -0.1) is 11.3 Å². The summed E-state index contributed by atoms with van der Waals surface area (Å²) in [5.41, 5.74) is 2.35. The van der Waals surface area contributed by atoms with Crippen molar-refractivity contribution in [1.29, 1.82) is 0 Å². The number of ether oxygens (including phenoxy) is 2. The lowest BCUT2D eigenvalue weighted by atomic mass is 9.82. The number of hydrogen-bond acceptors (Lipinski definition) is 7. The molecule has 2 aromatic heterocycles. The van der Waals surface area contributed by atoms with E-state index in [0.29, 0.717) is 41.0 Å². The molecule has 10 heteroatoms. The molecule has 3 aromatic rings. The average molecular weight is 539 g/mol. The van der Waals surface area contributed by atoms with Crippen LogP contribution < -0.4 is 10.2 Å². The Labute approximate surface area is 226 Å². The van der Waals surface area contributed by atoms with Crippen molar-refractivity contribution in [2.45, 2.75) is 32.6 Å². The van der Waals surface area contributed by atoms with Crippen LogP contribution in [-0.2, 0) is 21.3 Å². The van der Waals surface area contributed by atoms with Crippen LogP contribution in [-0.4, -0.2) is 54.7 Å². The molecule has 1 aromatic carbocycles. The van der Waals surface area contributed by atoms with Crippen molar-refractivity contribution < 1.29 is 23.9 Å². The average Bonchev–Trinajstić information content (AvgIpc) is 3.56. The van der Waals surface area contributed by atoms with Crippen molar-refractivity contribution in [3.8, 4) is 10.4 Å². The summed E-state index contributed by atoms with van der Waals surface area (Å²) in [5.74, 6) is -0.200. The maximum atomic E-state index is 13.7. The zero-order chi connectivity index (χ0) is 27.2. The van der Waals surface area contributed by atoms with Crippen LogP contribution in [0.2, 0.25) is 0 Å². The van der Waals surface area contributed by atoms with Gasteiger partial charge in [0.2, 0.25) is 5.91 Å². The highest BCUT2D eigenvalue weighted by Gasteiger charge is 2.32. The Morgan fingerprint density at radius 3 is 2.45 bits per heavy atom. The van der Waals surface area contributed by atoms with Gasteiger partial charge in [-0.05, 0) is 55.4 Å². The summed E-state index contributed by atoms with van der Waals surface area (Å²) in [6.07, 6.45) is 6.96. The standard InChI is InChI=1S/C28H34N4O5S/c1-18-5-7-20(8-6-18)27(34)32(13-14-36-3)23-15-24(38-25(23)28(35)37-4)19-9-11-21(12-10-19)30-26(33)22-16-31(2)17-29-22/h9-12,15-18,20H,5-8,13-14H2,1-4H3,(H,30,33). The van der Waals surface area contributed by atoms with Gasteiger partial charge in [0.05, 0.1) is 25.7 Å². The third-order valence-electron chi connectivity index (χ3n) is 6.89. The molecule has 38 heavy (non-hydrogen) atoms. The fraction of sp³-hybridized carbons (Fsp3) is 0.429. The normalized spacial score (nSPS) is 17.2. The van der Waals surface area contributed by atoms with Crippen molar-refractivity contribution in [1.82, 2.24) is 9.55 Å². The molecule has 4 rings (SSSR count). The monoisotopic (exact) mass is 538 g/mol. The van der Waals surface area contributed by atoms with E-state index in [4.69, 9.17) is 9.47 Å². The number of esters is 1. The minimum atomic E-state index is -0.483. The van der Waals surface area contributed by atoms with Crippen LogP contribution in [0.5, 0.6) is 0 Å². The third-order valence-corrected chi connectivity index (χ3v) is 8.04. The van der Waals surface area contributed by atoms with E-state index < -0.39 is 5.97 Å². The van der Waals surface area contributed by atoms with E-state index in [-0.39, 0.29) is 17.7 Å². The Kier molecular flexibility index (Phi) is 8.96. The largest absolute Gasteiger partial charge is 0.465 e. The van der Waals surface area contributed by atoms with Crippen LogP contribution in [0.25, 0.3) is 10.4 Å². The topological polar surface area (TPSA) is 103 Å². The van der Waals surface area contributed by atoms with Gasteiger partial charge < -0.3 is 24.3 Å². The summed E-state index contributed by atoms with van der Waals surface area (Å²) in [6, 6.07) is 9.20. The smallest absolute Gasteiger partial charge is 0.350 e. The van der Waals surface area contributed by atoms with E-state index in [2.05, 4.69) is 17.2 Å². The van der Waals surface area contributed by atoms with Gasteiger partial charge in [0.25, 0.3) is 5.91 Å². The van der Waals surface area contributed by atoms with Gasteiger partial charge in [0.1, 0.15) is 10.6 Å². The molecule has 0 unspecified atom stereocenters. The number of thiophene rings is 1. The Morgan fingerprint density at radius 1 is 1.13 bits per heavy atom. The van der Waals surface area contributed by atoms with E-state index in [9.17, 15) is 14.4 Å².